The Morgan fingerprint density at radius 1 is 1.29 bits per heavy atom. The van der Waals surface area contributed by atoms with Gasteiger partial charge < -0.3 is 15.5 Å². The lowest BCUT2D eigenvalue weighted by atomic mass is 10.0. The number of nitrogens with two attached hydrogens (primary N) is 1. The van der Waals surface area contributed by atoms with E-state index in [0.717, 1.165) is 25.2 Å². The van der Waals surface area contributed by atoms with E-state index in [2.05, 4.69) is 18.9 Å². The predicted octanol–water partition coefficient (Wildman–Crippen LogP) is 1.56. The molecule has 0 aliphatic carbocycles. The fourth-order valence-corrected chi connectivity index (χ4v) is 2.64. The number of carbonyl (C=O) groups excluding carboxylic acids is 1. The van der Waals surface area contributed by atoms with E-state index in [9.17, 15) is 4.79 Å². The monoisotopic (exact) mass is 333 g/mol. The van der Waals surface area contributed by atoms with Crippen molar-refractivity contribution >= 4 is 30.7 Å². The van der Waals surface area contributed by atoms with Crippen LogP contribution in [0.4, 0.5) is 0 Å². The van der Waals surface area contributed by atoms with Gasteiger partial charge in [-0.1, -0.05) is 30.3 Å². The first-order chi connectivity index (χ1) is 9.08. The van der Waals surface area contributed by atoms with E-state index < -0.39 is 6.04 Å². The molecule has 0 radical (unpaired) electrons. The van der Waals surface area contributed by atoms with Gasteiger partial charge in [0.25, 0.3) is 0 Å². The molecule has 0 bridgehead atoms. The van der Waals surface area contributed by atoms with Crippen LogP contribution in [0.3, 0.4) is 0 Å². The molecule has 1 fully saturated rings. The Kier molecular flexibility index (Phi) is 8.90. The molecule has 120 valence electrons. The molecule has 6 heteroatoms. The topological polar surface area (TPSA) is 49.6 Å². The molecule has 1 aromatic rings. The number of hydrogen-bond acceptors (Lipinski definition) is 3. The molecule has 2 rings (SSSR count). The number of likely N-dealkylation sites (N-methyl/N-ethyl adjacent to an activating group) is 1. The van der Waals surface area contributed by atoms with E-state index in [0.29, 0.717) is 6.42 Å². The highest BCUT2D eigenvalue weighted by Gasteiger charge is 2.28. The van der Waals surface area contributed by atoms with Gasteiger partial charge in [-0.3, -0.25) is 4.79 Å². The van der Waals surface area contributed by atoms with Crippen molar-refractivity contribution in [3.63, 3.8) is 0 Å². The lowest BCUT2D eigenvalue weighted by Gasteiger charge is -2.39. The SMILES string of the molecule is CC1CN(C)CCN1C(=O)[C@@H](N)Cc1ccccc1.Cl.Cl. The zero-order valence-electron chi connectivity index (χ0n) is 12.6. The number of hydrogen-bond donors (Lipinski definition) is 1. The fraction of sp³-hybridized carbons (Fsp3) is 0.533. The quantitative estimate of drug-likeness (QED) is 0.913. The summed E-state index contributed by atoms with van der Waals surface area (Å²) >= 11 is 0. The first-order valence-corrected chi connectivity index (χ1v) is 6.86. The van der Waals surface area contributed by atoms with Crippen molar-refractivity contribution in [1.82, 2.24) is 9.80 Å². The molecule has 4 nitrogen and oxygen atoms in total. The minimum Gasteiger partial charge on any atom is -0.336 e. The van der Waals surface area contributed by atoms with Gasteiger partial charge in [-0.05, 0) is 26.0 Å². The van der Waals surface area contributed by atoms with Gasteiger partial charge in [0.2, 0.25) is 5.91 Å². The maximum Gasteiger partial charge on any atom is 0.240 e. The normalized spacial score (nSPS) is 20.1. The second-order valence-corrected chi connectivity index (χ2v) is 5.44. The Balaban J connectivity index is 0.00000200. The van der Waals surface area contributed by atoms with Gasteiger partial charge in [-0.25, -0.2) is 0 Å². The number of carbonyl (C=O) groups is 1. The van der Waals surface area contributed by atoms with Crippen LogP contribution in [0.25, 0.3) is 0 Å². The molecule has 21 heavy (non-hydrogen) atoms. The maximum absolute atomic E-state index is 12.4. The highest BCUT2D eigenvalue weighted by atomic mass is 35.5. The van der Waals surface area contributed by atoms with Crippen LogP contribution in [-0.2, 0) is 11.2 Å². The smallest absolute Gasteiger partial charge is 0.240 e. The first kappa shape index (κ1) is 20.2. The van der Waals surface area contributed by atoms with Gasteiger partial charge in [0.15, 0.2) is 0 Å². The summed E-state index contributed by atoms with van der Waals surface area (Å²) in [6.45, 7) is 4.71. The molecule has 2 atom stereocenters. The molecule has 1 aliphatic rings. The summed E-state index contributed by atoms with van der Waals surface area (Å²) in [5, 5.41) is 0. The van der Waals surface area contributed by atoms with Crippen LogP contribution in [-0.4, -0.2) is 54.5 Å². The van der Waals surface area contributed by atoms with Crippen molar-refractivity contribution in [2.24, 2.45) is 5.73 Å². The van der Waals surface area contributed by atoms with E-state index in [1.165, 1.54) is 0 Å². The number of rotatable bonds is 3. The van der Waals surface area contributed by atoms with E-state index in [1.807, 2.05) is 35.2 Å². The molecule has 1 aromatic carbocycles. The molecular weight excluding hydrogens is 309 g/mol. The second-order valence-electron chi connectivity index (χ2n) is 5.44. The number of halogens is 2. The van der Waals surface area contributed by atoms with Gasteiger partial charge in [-0.15, -0.1) is 24.8 Å². The zero-order valence-corrected chi connectivity index (χ0v) is 14.2. The number of amides is 1. The van der Waals surface area contributed by atoms with Crippen LogP contribution in [0.5, 0.6) is 0 Å². The van der Waals surface area contributed by atoms with Crippen molar-refractivity contribution < 1.29 is 4.79 Å². The van der Waals surface area contributed by atoms with Crippen molar-refractivity contribution in [2.75, 3.05) is 26.7 Å². The number of benzene rings is 1. The third-order valence-corrected chi connectivity index (χ3v) is 3.73. The van der Waals surface area contributed by atoms with Gasteiger partial charge in [0, 0.05) is 25.7 Å². The molecular formula is C15H25Cl2N3O. The molecule has 1 saturated heterocycles. The van der Waals surface area contributed by atoms with E-state index >= 15 is 0 Å². The Morgan fingerprint density at radius 2 is 1.90 bits per heavy atom. The molecule has 1 aliphatic heterocycles. The molecule has 0 saturated carbocycles. The van der Waals surface area contributed by atoms with Gasteiger partial charge in [-0.2, -0.15) is 0 Å². The lowest BCUT2D eigenvalue weighted by molar-refractivity contribution is -0.136. The summed E-state index contributed by atoms with van der Waals surface area (Å²) in [5.74, 6) is 0.0736. The van der Waals surface area contributed by atoms with E-state index in [-0.39, 0.29) is 36.8 Å². The Labute approximate surface area is 139 Å². The molecule has 0 aromatic heterocycles. The number of nitrogens with zero attached hydrogens (tertiary/aromatic N) is 2. The summed E-state index contributed by atoms with van der Waals surface area (Å²) in [4.78, 5) is 16.6. The third-order valence-electron chi connectivity index (χ3n) is 3.73. The Morgan fingerprint density at radius 3 is 2.48 bits per heavy atom. The van der Waals surface area contributed by atoms with Crippen LogP contribution in [0.15, 0.2) is 30.3 Å². The summed E-state index contributed by atoms with van der Waals surface area (Å²) in [6.07, 6.45) is 0.610. The summed E-state index contributed by atoms with van der Waals surface area (Å²) < 4.78 is 0. The molecule has 2 N–H and O–H groups in total. The second kappa shape index (κ2) is 9.26. The van der Waals surface area contributed by atoms with Gasteiger partial charge in [0.1, 0.15) is 0 Å². The largest absolute Gasteiger partial charge is 0.336 e. The lowest BCUT2D eigenvalue weighted by Crippen LogP contribution is -2.57. The van der Waals surface area contributed by atoms with E-state index in [1.54, 1.807) is 0 Å². The maximum atomic E-state index is 12.4. The van der Waals surface area contributed by atoms with Crippen molar-refractivity contribution in [2.45, 2.75) is 25.4 Å². The average molecular weight is 334 g/mol. The number of piperazine rings is 1. The Bertz CT molecular complexity index is 430. The first-order valence-electron chi connectivity index (χ1n) is 6.86. The van der Waals surface area contributed by atoms with Crippen LogP contribution < -0.4 is 5.73 Å². The predicted molar refractivity (Wildman–Crippen MR) is 91.3 cm³/mol. The standard InChI is InChI=1S/C15H23N3O.2ClH/c1-12-11-17(2)8-9-18(12)15(19)14(16)10-13-6-4-3-5-7-13;;/h3-7,12,14H,8-11,16H2,1-2H3;2*1H/t12?,14-;;/m0../s1. The molecule has 1 unspecified atom stereocenters. The van der Waals surface area contributed by atoms with Crippen molar-refractivity contribution in [1.29, 1.82) is 0 Å². The van der Waals surface area contributed by atoms with E-state index in [4.69, 9.17) is 5.73 Å². The molecule has 1 heterocycles. The minimum atomic E-state index is -0.437. The summed E-state index contributed by atoms with van der Waals surface area (Å²) in [7, 11) is 2.09. The van der Waals surface area contributed by atoms with Crippen LogP contribution in [0.1, 0.15) is 12.5 Å². The van der Waals surface area contributed by atoms with Crippen LogP contribution >= 0.6 is 24.8 Å². The zero-order chi connectivity index (χ0) is 13.8. The highest BCUT2D eigenvalue weighted by molar-refractivity contribution is 5.85. The summed E-state index contributed by atoms with van der Waals surface area (Å²) in [6, 6.07) is 9.76. The van der Waals surface area contributed by atoms with Crippen molar-refractivity contribution in [3.05, 3.63) is 35.9 Å². The fourth-order valence-electron chi connectivity index (χ4n) is 2.64. The van der Waals surface area contributed by atoms with Gasteiger partial charge >= 0.3 is 0 Å². The summed E-state index contributed by atoms with van der Waals surface area (Å²) in [5.41, 5.74) is 7.19. The third kappa shape index (κ3) is 5.47. The minimum absolute atomic E-state index is 0. The highest BCUT2D eigenvalue weighted by Crippen LogP contribution is 2.11. The molecule has 0 spiro atoms. The van der Waals surface area contributed by atoms with Gasteiger partial charge in [0.05, 0.1) is 6.04 Å². The Hall–Kier alpha value is -0.810. The average Bonchev–Trinajstić information content (AvgIpc) is 2.39. The van der Waals surface area contributed by atoms with Crippen molar-refractivity contribution in [3.8, 4) is 0 Å². The molecule has 1 amide bonds. The van der Waals surface area contributed by atoms with Crippen LogP contribution in [0, 0.1) is 0 Å². The van der Waals surface area contributed by atoms with Crippen LogP contribution in [0.2, 0.25) is 0 Å².